The Morgan fingerprint density at radius 2 is 1.40 bits per heavy atom. The fraction of sp³-hybridized carbons (Fsp3) is 0.700. The number of rotatable bonds is 10. The van der Waals surface area contributed by atoms with Crippen LogP contribution >= 0.6 is 31.9 Å². The van der Waals surface area contributed by atoms with Gasteiger partial charge < -0.3 is 14.0 Å². The van der Waals surface area contributed by atoms with Crippen LogP contribution in [0.25, 0.3) is 0 Å². The monoisotopic (exact) mass is 580 g/mol. The standard InChI is InChI=1S/2C10H19BrN2OSi/c1-9-12-10(11)7-13(9)8-14-5-6-15(2,3)4;1-9-12-7-10(11)13(9)8-14-5-6-15(2,3)4/h2*7H,5-6,8H2,1-4H3. The number of ether oxygens (including phenoxy) is 2. The van der Waals surface area contributed by atoms with Crippen LogP contribution in [0.5, 0.6) is 0 Å². The van der Waals surface area contributed by atoms with Crippen molar-refractivity contribution in [3.63, 3.8) is 0 Å². The number of aryl methyl sites for hydroxylation is 2. The third-order valence-corrected chi connectivity index (χ3v) is 8.82. The van der Waals surface area contributed by atoms with E-state index in [0.29, 0.717) is 13.5 Å². The summed E-state index contributed by atoms with van der Waals surface area (Å²) in [5.41, 5.74) is 0. The van der Waals surface area contributed by atoms with Gasteiger partial charge in [-0.15, -0.1) is 0 Å². The van der Waals surface area contributed by atoms with Gasteiger partial charge in [-0.2, -0.15) is 0 Å². The summed E-state index contributed by atoms with van der Waals surface area (Å²) in [7, 11) is -1.93. The summed E-state index contributed by atoms with van der Waals surface area (Å²) < 4.78 is 17.1. The molecule has 0 aliphatic carbocycles. The van der Waals surface area contributed by atoms with Crippen molar-refractivity contribution < 1.29 is 9.47 Å². The molecule has 0 radical (unpaired) electrons. The minimum atomic E-state index is -0.968. The van der Waals surface area contributed by atoms with Crippen molar-refractivity contribution in [3.05, 3.63) is 33.2 Å². The molecule has 0 N–H and O–H groups in total. The van der Waals surface area contributed by atoms with Crippen LogP contribution in [0.1, 0.15) is 11.6 Å². The maximum absolute atomic E-state index is 5.64. The van der Waals surface area contributed by atoms with E-state index in [-0.39, 0.29) is 0 Å². The molecule has 0 aromatic carbocycles. The lowest BCUT2D eigenvalue weighted by atomic mass is 10.7. The third-order valence-electron chi connectivity index (χ3n) is 4.40. The first kappa shape index (κ1) is 27.8. The fourth-order valence-electron chi connectivity index (χ4n) is 2.27. The summed E-state index contributed by atoms with van der Waals surface area (Å²) in [4.78, 5) is 8.44. The van der Waals surface area contributed by atoms with Gasteiger partial charge in [0.05, 0.1) is 6.20 Å². The molecule has 30 heavy (non-hydrogen) atoms. The molecule has 0 unspecified atom stereocenters. The van der Waals surface area contributed by atoms with Crippen LogP contribution in [0.4, 0.5) is 0 Å². The highest BCUT2D eigenvalue weighted by Gasteiger charge is 2.13. The maximum Gasteiger partial charge on any atom is 0.125 e. The average molecular weight is 583 g/mol. The number of hydrogen-bond acceptors (Lipinski definition) is 4. The Labute approximate surface area is 201 Å². The molecule has 2 heterocycles. The highest BCUT2D eigenvalue weighted by Crippen LogP contribution is 2.13. The molecule has 2 aromatic heterocycles. The summed E-state index contributed by atoms with van der Waals surface area (Å²) in [5.74, 6) is 1.96. The summed E-state index contributed by atoms with van der Waals surface area (Å²) in [5, 5.41) is 0. The van der Waals surface area contributed by atoms with E-state index >= 15 is 0 Å². The smallest absolute Gasteiger partial charge is 0.125 e. The Morgan fingerprint density at radius 3 is 1.80 bits per heavy atom. The zero-order valence-electron chi connectivity index (χ0n) is 19.8. The molecule has 0 saturated heterocycles. The fourth-order valence-corrected chi connectivity index (χ4v) is 4.75. The van der Waals surface area contributed by atoms with Crippen LogP contribution in [-0.2, 0) is 22.9 Å². The molecule has 2 aromatic rings. The number of halogens is 2. The topological polar surface area (TPSA) is 54.1 Å². The van der Waals surface area contributed by atoms with Crippen molar-refractivity contribution in [1.82, 2.24) is 19.1 Å². The van der Waals surface area contributed by atoms with Crippen molar-refractivity contribution in [1.29, 1.82) is 0 Å². The Balaban J connectivity index is 0.000000300. The molecule has 10 heteroatoms. The molecule has 172 valence electrons. The molecular formula is C20H38Br2N4O2Si2. The Hall–Kier alpha value is -0.266. The zero-order valence-corrected chi connectivity index (χ0v) is 24.9. The second-order valence-corrected chi connectivity index (χ2v) is 22.7. The first-order valence-corrected chi connectivity index (χ1v) is 19.3. The van der Waals surface area contributed by atoms with E-state index in [4.69, 9.17) is 9.47 Å². The Morgan fingerprint density at radius 1 is 0.867 bits per heavy atom. The van der Waals surface area contributed by atoms with Gasteiger partial charge in [0.25, 0.3) is 0 Å². The highest BCUT2D eigenvalue weighted by atomic mass is 79.9. The molecule has 2 rings (SSSR count). The predicted molar refractivity (Wildman–Crippen MR) is 138 cm³/mol. The lowest BCUT2D eigenvalue weighted by Gasteiger charge is -2.16. The molecule has 0 atom stereocenters. The lowest BCUT2D eigenvalue weighted by Crippen LogP contribution is -2.22. The second-order valence-electron chi connectivity index (χ2n) is 9.83. The minimum absolute atomic E-state index is 0.594. The Kier molecular flexibility index (Phi) is 11.7. The number of nitrogens with zero attached hydrogens (tertiary/aromatic N) is 4. The van der Waals surface area contributed by atoms with Crippen LogP contribution in [0, 0.1) is 13.8 Å². The van der Waals surface area contributed by atoms with Crippen molar-refractivity contribution in [2.24, 2.45) is 0 Å². The minimum Gasteiger partial charge on any atom is -0.361 e. The van der Waals surface area contributed by atoms with Crippen molar-refractivity contribution in [2.75, 3.05) is 13.2 Å². The first-order valence-electron chi connectivity index (χ1n) is 10.3. The molecule has 0 fully saturated rings. The first-order chi connectivity index (χ1) is 13.8. The molecule has 0 amide bonds. The molecule has 0 aliphatic rings. The summed E-state index contributed by atoms with van der Waals surface area (Å²) in [6.45, 7) is 21.0. The van der Waals surface area contributed by atoms with E-state index in [2.05, 4.69) is 81.1 Å². The SMILES string of the molecule is Cc1nc(Br)cn1COCC[Si](C)(C)C.Cc1ncc(Br)n1COCC[Si](C)(C)C. The molecule has 0 spiro atoms. The van der Waals surface area contributed by atoms with Gasteiger partial charge in [0, 0.05) is 35.6 Å². The summed E-state index contributed by atoms with van der Waals surface area (Å²) >= 11 is 6.78. The lowest BCUT2D eigenvalue weighted by molar-refractivity contribution is 0.0843. The quantitative estimate of drug-likeness (QED) is 0.236. The van der Waals surface area contributed by atoms with Gasteiger partial charge in [0.2, 0.25) is 0 Å². The van der Waals surface area contributed by atoms with Gasteiger partial charge in [0.1, 0.15) is 34.3 Å². The van der Waals surface area contributed by atoms with Crippen molar-refractivity contribution >= 4 is 48.0 Å². The van der Waals surface area contributed by atoms with Crippen LogP contribution < -0.4 is 0 Å². The van der Waals surface area contributed by atoms with Crippen LogP contribution in [0.3, 0.4) is 0 Å². The van der Waals surface area contributed by atoms with Gasteiger partial charge in [-0.3, -0.25) is 4.57 Å². The average Bonchev–Trinajstić information content (AvgIpc) is 3.08. The van der Waals surface area contributed by atoms with E-state index in [1.165, 1.54) is 12.1 Å². The molecule has 0 bridgehead atoms. The zero-order chi connectivity index (χ0) is 22.9. The Bertz CT molecular complexity index is 748. The van der Waals surface area contributed by atoms with Gasteiger partial charge in [-0.25, -0.2) is 9.97 Å². The number of hydrogen-bond donors (Lipinski definition) is 0. The van der Waals surface area contributed by atoms with E-state index < -0.39 is 16.1 Å². The van der Waals surface area contributed by atoms with Crippen LogP contribution in [0.2, 0.25) is 51.4 Å². The summed E-state index contributed by atoms with van der Waals surface area (Å²) in [6.07, 6.45) is 3.75. The van der Waals surface area contributed by atoms with E-state index in [0.717, 1.165) is 34.1 Å². The van der Waals surface area contributed by atoms with Gasteiger partial charge >= 0.3 is 0 Å². The number of imidazole rings is 2. The van der Waals surface area contributed by atoms with E-state index in [1.807, 2.05) is 29.2 Å². The molecule has 0 saturated carbocycles. The van der Waals surface area contributed by atoms with Crippen LogP contribution in [0.15, 0.2) is 21.6 Å². The largest absolute Gasteiger partial charge is 0.361 e. The third kappa shape index (κ3) is 11.9. The maximum atomic E-state index is 5.64. The molecular weight excluding hydrogens is 544 g/mol. The van der Waals surface area contributed by atoms with E-state index in [1.54, 1.807) is 6.20 Å². The van der Waals surface area contributed by atoms with Gasteiger partial charge in [-0.05, 0) is 57.8 Å². The summed E-state index contributed by atoms with van der Waals surface area (Å²) in [6, 6.07) is 2.42. The highest BCUT2D eigenvalue weighted by molar-refractivity contribution is 9.10. The molecule has 0 aliphatic heterocycles. The van der Waals surface area contributed by atoms with Crippen molar-refractivity contribution in [3.8, 4) is 0 Å². The van der Waals surface area contributed by atoms with E-state index in [9.17, 15) is 0 Å². The van der Waals surface area contributed by atoms with Gasteiger partial charge in [0.15, 0.2) is 0 Å². The predicted octanol–water partition coefficient (Wildman–Crippen LogP) is 6.53. The van der Waals surface area contributed by atoms with Gasteiger partial charge in [-0.1, -0.05) is 39.3 Å². The molecule has 6 nitrogen and oxygen atoms in total. The second kappa shape index (κ2) is 12.7. The van der Waals surface area contributed by atoms with Crippen LogP contribution in [-0.4, -0.2) is 48.5 Å². The normalized spacial score (nSPS) is 12.1. The van der Waals surface area contributed by atoms with Crippen molar-refractivity contribution in [2.45, 2.75) is 78.7 Å². The number of aromatic nitrogens is 4.